The summed E-state index contributed by atoms with van der Waals surface area (Å²) in [5.41, 5.74) is 2.56. The van der Waals surface area contributed by atoms with Crippen molar-refractivity contribution in [1.29, 1.82) is 0 Å². The summed E-state index contributed by atoms with van der Waals surface area (Å²) in [5.74, 6) is 0.443. The first-order valence-corrected chi connectivity index (χ1v) is 12.9. The Kier molecular flexibility index (Phi) is 7.32. The minimum Gasteiger partial charge on any atom is -0.352 e. The fraction of sp³-hybridized carbons (Fsp3) is 0.583. The predicted octanol–water partition coefficient (Wildman–Crippen LogP) is 4.05. The zero-order chi connectivity index (χ0) is 23.6. The normalized spacial score (nSPS) is 19.2. The number of aromatic nitrogens is 2. The van der Waals surface area contributed by atoms with Crippen molar-refractivity contribution < 1.29 is 13.2 Å². The number of anilines is 1. The number of carbonyl (C=O) groups excluding carboxylic acids is 1. The molecular weight excluding hydrogens is 424 g/mol. The largest absolute Gasteiger partial charge is 0.352 e. The van der Waals surface area contributed by atoms with Gasteiger partial charge in [-0.25, -0.2) is 8.42 Å². The zero-order valence-corrected chi connectivity index (χ0v) is 20.9. The molecule has 2 atom stereocenters. The second-order valence-corrected chi connectivity index (χ2v) is 11.1. The topological polar surface area (TPSA) is 84.3 Å². The van der Waals surface area contributed by atoms with Gasteiger partial charge < -0.3 is 5.32 Å². The van der Waals surface area contributed by atoms with Crippen LogP contribution in [0.3, 0.4) is 0 Å². The lowest BCUT2D eigenvalue weighted by Gasteiger charge is -2.31. The number of hydrogen-bond donors (Lipinski definition) is 1. The van der Waals surface area contributed by atoms with E-state index < -0.39 is 10.0 Å². The molecule has 0 spiro atoms. The number of benzene rings is 1. The summed E-state index contributed by atoms with van der Waals surface area (Å²) < 4.78 is 30.4. The zero-order valence-electron chi connectivity index (χ0n) is 20.1. The highest BCUT2D eigenvalue weighted by molar-refractivity contribution is 7.93. The van der Waals surface area contributed by atoms with Crippen molar-refractivity contribution in [2.45, 2.75) is 77.2 Å². The van der Waals surface area contributed by atoms with Crippen LogP contribution >= 0.6 is 0 Å². The lowest BCUT2D eigenvalue weighted by molar-refractivity contribution is -0.120. The fourth-order valence-corrected chi connectivity index (χ4v) is 6.32. The van der Waals surface area contributed by atoms with E-state index >= 15 is 0 Å². The van der Waals surface area contributed by atoms with Gasteiger partial charge in [0.2, 0.25) is 5.91 Å². The van der Waals surface area contributed by atoms with Crippen LogP contribution in [-0.4, -0.2) is 36.7 Å². The van der Waals surface area contributed by atoms with Crippen LogP contribution in [0.2, 0.25) is 0 Å². The Balaban J connectivity index is 1.96. The van der Waals surface area contributed by atoms with E-state index in [1.807, 2.05) is 12.1 Å². The number of nitrogens with zero attached hydrogens (tertiary/aromatic N) is 3. The number of aryl methyl sites for hydroxylation is 2. The van der Waals surface area contributed by atoms with Crippen LogP contribution in [0.5, 0.6) is 0 Å². The molecule has 176 valence electrons. The Morgan fingerprint density at radius 3 is 2.34 bits per heavy atom. The molecule has 1 aromatic heterocycles. The SMILES string of the molecule is Cc1nn(C)c(C)c1S(=O)(=O)N(CC(=O)N[C@@H]1CCCC[C@H]1C)c1ccc(C(C)C)cc1. The predicted molar refractivity (Wildman–Crippen MR) is 127 cm³/mol. The molecule has 1 amide bonds. The Bertz CT molecular complexity index is 1060. The third-order valence-electron chi connectivity index (χ3n) is 6.58. The van der Waals surface area contributed by atoms with Crippen molar-refractivity contribution in [3.8, 4) is 0 Å². The molecule has 1 aromatic carbocycles. The highest BCUT2D eigenvalue weighted by Crippen LogP contribution is 2.29. The molecule has 1 saturated carbocycles. The molecule has 1 aliphatic rings. The Morgan fingerprint density at radius 2 is 1.81 bits per heavy atom. The van der Waals surface area contributed by atoms with E-state index in [0.717, 1.165) is 24.8 Å². The number of hydrogen-bond acceptors (Lipinski definition) is 4. The Hall–Kier alpha value is -2.35. The van der Waals surface area contributed by atoms with Crippen molar-refractivity contribution in [3.05, 3.63) is 41.2 Å². The van der Waals surface area contributed by atoms with Crippen molar-refractivity contribution in [1.82, 2.24) is 15.1 Å². The maximum Gasteiger partial charge on any atom is 0.268 e. The van der Waals surface area contributed by atoms with Gasteiger partial charge in [0, 0.05) is 13.1 Å². The van der Waals surface area contributed by atoms with Gasteiger partial charge >= 0.3 is 0 Å². The second kappa shape index (κ2) is 9.65. The van der Waals surface area contributed by atoms with Crippen LogP contribution in [0.1, 0.15) is 69.3 Å². The van der Waals surface area contributed by atoms with Crippen LogP contribution in [0.4, 0.5) is 5.69 Å². The minimum atomic E-state index is -3.99. The van der Waals surface area contributed by atoms with Crippen molar-refractivity contribution >= 4 is 21.6 Å². The summed E-state index contributed by atoms with van der Waals surface area (Å²) in [6, 6.07) is 7.50. The van der Waals surface area contributed by atoms with Crippen LogP contribution in [0, 0.1) is 19.8 Å². The molecule has 1 aliphatic carbocycles. The molecule has 3 rings (SSSR count). The molecule has 8 heteroatoms. The monoisotopic (exact) mass is 460 g/mol. The van der Waals surface area contributed by atoms with Crippen LogP contribution in [0.15, 0.2) is 29.2 Å². The summed E-state index contributed by atoms with van der Waals surface area (Å²) in [4.78, 5) is 13.2. The first-order valence-electron chi connectivity index (χ1n) is 11.4. The van der Waals surface area contributed by atoms with E-state index in [-0.39, 0.29) is 23.4 Å². The van der Waals surface area contributed by atoms with E-state index in [1.165, 1.54) is 10.7 Å². The highest BCUT2D eigenvalue weighted by Gasteiger charge is 2.33. The molecule has 1 N–H and O–H groups in total. The molecule has 2 aromatic rings. The molecule has 7 nitrogen and oxygen atoms in total. The van der Waals surface area contributed by atoms with E-state index in [9.17, 15) is 13.2 Å². The molecule has 0 unspecified atom stereocenters. The van der Waals surface area contributed by atoms with Crippen molar-refractivity contribution in [2.24, 2.45) is 13.0 Å². The van der Waals surface area contributed by atoms with Gasteiger partial charge in [0.25, 0.3) is 10.0 Å². The lowest BCUT2D eigenvalue weighted by Crippen LogP contribution is -2.47. The molecule has 0 saturated heterocycles. The molecule has 0 aliphatic heterocycles. The maximum absolute atomic E-state index is 13.8. The standard InChI is InChI=1S/C24H36N4O3S/c1-16(2)20-11-13-21(14-12-20)28(15-23(29)25-22-10-8-7-9-17(22)3)32(30,31)24-18(4)26-27(6)19(24)5/h11-14,16-17,22H,7-10,15H2,1-6H3,(H,25,29)/t17-,22-/m1/s1. The average molecular weight is 461 g/mol. The summed E-state index contributed by atoms with van der Waals surface area (Å²) in [6.07, 6.45) is 4.28. The van der Waals surface area contributed by atoms with E-state index in [2.05, 4.69) is 31.2 Å². The number of carbonyl (C=O) groups is 1. The fourth-order valence-electron chi connectivity index (χ4n) is 4.49. The van der Waals surface area contributed by atoms with Crippen molar-refractivity contribution in [3.63, 3.8) is 0 Å². The molecule has 0 radical (unpaired) electrons. The van der Waals surface area contributed by atoms with Gasteiger partial charge in [-0.2, -0.15) is 5.10 Å². The third kappa shape index (κ3) is 5.00. The molecule has 32 heavy (non-hydrogen) atoms. The van der Waals surface area contributed by atoms with Gasteiger partial charge in [0.1, 0.15) is 11.4 Å². The van der Waals surface area contributed by atoms with Crippen LogP contribution in [0.25, 0.3) is 0 Å². The smallest absolute Gasteiger partial charge is 0.268 e. The summed E-state index contributed by atoms with van der Waals surface area (Å²) in [6.45, 7) is 9.47. The molecule has 1 fully saturated rings. The minimum absolute atomic E-state index is 0.0889. The Labute approximate surface area is 192 Å². The quantitative estimate of drug-likeness (QED) is 0.676. The maximum atomic E-state index is 13.8. The molecule has 1 heterocycles. The number of nitrogens with one attached hydrogen (secondary N) is 1. The lowest BCUT2D eigenvalue weighted by atomic mass is 9.86. The van der Waals surface area contributed by atoms with Crippen LogP contribution < -0.4 is 9.62 Å². The van der Waals surface area contributed by atoms with Crippen LogP contribution in [-0.2, 0) is 21.9 Å². The number of sulfonamides is 1. The van der Waals surface area contributed by atoms with E-state index in [4.69, 9.17) is 0 Å². The van der Waals surface area contributed by atoms with Gasteiger partial charge in [-0.1, -0.05) is 45.7 Å². The first-order chi connectivity index (χ1) is 15.0. The third-order valence-corrected chi connectivity index (χ3v) is 8.61. The van der Waals surface area contributed by atoms with E-state index in [1.54, 1.807) is 37.7 Å². The number of amides is 1. The first kappa shape index (κ1) is 24.3. The van der Waals surface area contributed by atoms with Gasteiger partial charge in [0.15, 0.2) is 0 Å². The van der Waals surface area contributed by atoms with Gasteiger partial charge in [0.05, 0.1) is 17.1 Å². The van der Waals surface area contributed by atoms with E-state index in [0.29, 0.717) is 28.9 Å². The van der Waals surface area contributed by atoms with Gasteiger partial charge in [-0.15, -0.1) is 0 Å². The summed E-state index contributed by atoms with van der Waals surface area (Å²) in [7, 11) is -2.27. The van der Waals surface area contributed by atoms with Gasteiger partial charge in [-0.3, -0.25) is 13.8 Å². The molecule has 0 bridgehead atoms. The average Bonchev–Trinajstić information content (AvgIpc) is 3.00. The summed E-state index contributed by atoms with van der Waals surface area (Å²) in [5, 5.41) is 7.37. The highest BCUT2D eigenvalue weighted by atomic mass is 32.2. The Morgan fingerprint density at radius 1 is 1.19 bits per heavy atom. The molecular formula is C24H36N4O3S. The second-order valence-electron chi connectivity index (χ2n) is 9.32. The summed E-state index contributed by atoms with van der Waals surface area (Å²) >= 11 is 0. The van der Waals surface area contributed by atoms with Crippen molar-refractivity contribution in [2.75, 3.05) is 10.8 Å². The van der Waals surface area contributed by atoms with Gasteiger partial charge in [-0.05, 0) is 56.2 Å². The number of rotatable bonds is 7.